The number of aromatic nitrogens is 1. The molecule has 0 unspecified atom stereocenters. The van der Waals surface area contributed by atoms with Gasteiger partial charge in [0, 0.05) is 28.7 Å². The van der Waals surface area contributed by atoms with E-state index in [-0.39, 0.29) is 11.0 Å². The fraction of sp³-hybridized carbons (Fsp3) is 0.370. The molecule has 148 valence electrons. The minimum atomic E-state index is -0.124. The summed E-state index contributed by atoms with van der Waals surface area (Å²) in [5.74, 6) is 1.08. The molecule has 2 nitrogen and oxygen atoms in total. The van der Waals surface area contributed by atoms with Crippen LogP contribution in [0.4, 0.5) is 0 Å². The molecule has 2 heterocycles. The molecule has 0 bridgehead atoms. The molecule has 29 heavy (non-hydrogen) atoms. The number of ether oxygens (including phenoxy) is 1. The molecule has 2 aromatic carbocycles. The molecule has 1 aliphatic heterocycles. The average molecular weight is 385 g/mol. The topological polar surface area (TPSA) is 13.1 Å². The second-order valence-corrected chi connectivity index (χ2v) is 9.34. The first-order chi connectivity index (χ1) is 13.9. The molecule has 0 N–H and O–H groups in total. The fourth-order valence-electron chi connectivity index (χ4n) is 5.61. The highest BCUT2D eigenvalue weighted by atomic mass is 16.5. The van der Waals surface area contributed by atoms with E-state index >= 15 is 0 Å². The van der Waals surface area contributed by atoms with Crippen LogP contribution in [-0.2, 0) is 12.5 Å². The Morgan fingerprint density at radius 2 is 1.62 bits per heavy atom. The lowest BCUT2D eigenvalue weighted by atomic mass is 9.69. The Bertz CT molecular complexity index is 1090. The van der Waals surface area contributed by atoms with Crippen molar-refractivity contribution in [2.45, 2.75) is 57.5 Å². The van der Waals surface area contributed by atoms with Gasteiger partial charge in [-0.05, 0) is 68.5 Å². The normalized spacial score (nSPS) is 18.6. The summed E-state index contributed by atoms with van der Waals surface area (Å²) >= 11 is 0. The number of rotatable bonds is 2. The van der Waals surface area contributed by atoms with Gasteiger partial charge in [0.25, 0.3) is 0 Å². The van der Waals surface area contributed by atoms with Crippen LogP contribution in [0.2, 0.25) is 0 Å². The third-order valence-electron chi connectivity index (χ3n) is 7.37. The Kier molecular flexibility index (Phi) is 4.10. The number of fused-ring (bicyclic) bond motifs is 2. The minimum Gasteiger partial charge on any atom is -0.487 e. The van der Waals surface area contributed by atoms with E-state index in [9.17, 15) is 0 Å². The highest BCUT2D eigenvalue weighted by Crippen LogP contribution is 2.58. The Labute approximate surface area is 174 Å². The zero-order valence-corrected chi connectivity index (χ0v) is 18.0. The first-order valence-corrected chi connectivity index (χ1v) is 10.8. The number of benzene rings is 2. The summed E-state index contributed by atoms with van der Waals surface area (Å²) in [6.07, 6.45) is 7.21. The molecular weight excluding hydrogens is 354 g/mol. The third kappa shape index (κ3) is 2.73. The standard InChI is InChI=1S/C27H30NO/c1-19-10-11-20(17-22(19)24-9-5-8-16-28(24)4)21-12-13-23-25(18-21)29-26(2,3)27(23)14-6-7-15-27/h5,8-13,16-18H,6-7,14-15H2,1-4H3/q+1. The van der Waals surface area contributed by atoms with Gasteiger partial charge in [-0.15, -0.1) is 0 Å². The average Bonchev–Trinajstić information content (AvgIpc) is 3.27. The van der Waals surface area contributed by atoms with Crippen LogP contribution in [0.5, 0.6) is 5.75 Å². The summed E-state index contributed by atoms with van der Waals surface area (Å²) in [5, 5.41) is 0. The molecule has 1 aliphatic carbocycles. The van der Waals surface area contributed by atoms with Crippen LogP contribution in [0.15, 0.2) is 60.8 Å². The monoisotopic (exact) mass is 384 g/mol. The lowest BCUT2D eigenvalue weighted by molar-refractivity contribution is -0.660. The van der Waals surface area contributed by atoms with Crippen molar-refractivity contribution in [2.24, 2.45) is 7.05 Å². The van der Waals surface area contributed by atoms with E-state index in [1.165, 1.54) is 59.2 Å². The molecule has 2 aliphatic rings. The zero-order valence-electron chi connectivity index (χ0n) is 18.0. The summed E-state index contributed by atoms with van der Waals surface area (Å²) in [6, 6.07) is 20.0. The van der Waals surface area contributed by atoms with E-state index in [1.807, 2.05) is 0 Å². The Morgan fingerprint density at radius 3 is 2.38 bits per heavy atom. The van der Waals surface area contributed by atoms with Crippen LogP contribution < -0.4 is 9.30 Å². The van der Waals surface area contributed by atoms with Gasteiger partial charge >= 0.3 is 0 Å². The molecule has 3 aromatic rings. The zero-order chi connectivity index (χ0) is 20.2. The third-order valence-corrected chi connectivity index (χ3v) is 7.37. The van der Waals surface area contributed by atoms with Crippen LogP contribution in [0.3, 0.4) is 0 Å². The van der Waals surface area contributed by atoms with Crippen molar-refractivity contribution >= 4 is 0 Å². The largest absolute Gasteiger partial charge is 0.487 e. The second-order valence-electron chi connectivity index (χ2n) is 9.34. The van der Waals surface area contributed by atoms with Crippen LogP contribution in [0.1, 0.15) is 50.7 Å². The van der Waals surface area contributed by atoms with Gasteiger partial charge in [-0.25, -0.2) is 4.57 Å². The summed E-state index contributed by atoms with van der Waals surface area (Å²) < 4.78 is 8.73. The van der Waals surface area contributed by atoms with Crippen molar-refractivity contribution in [1.82, 2.24) is 0 Å². The maximum atomic E-state index is 6.55. The van der Waals surface area contributed by atoms with Gasteiger partial charge in [0.2, 0.25) is 5.69 Å². The van der Waals surface area contributed by atoms with E-state index in [0.717, 1.165) is 5.75 Å². The van der Waals surface area contributed by atoms with Crippen LogP contribution in [-0.4, -0.2) is 5.60 Å². The van der Waals surface area contributed by atoms with E-state index in [0.29, 0.717) is 0 Å². The van der Waals surface area contributed by atoms with Gasteiger partial charge in [0.1, 0.15) is 18.4 Å². The first kappa shape index (κ1) is 18.4. The Balaban J connectivity index is 1.59. The van der Waals surface area contributed by atoms with Crippen molar-refractivity contribution in [3.05, 3.63) is 71.9 Å². The Morgan fingerprint density at radius 1 is 0.897 bits per heavy atom. The van der Waals surface area contributed by atoms with Gasteiger partial charge in [0.05, 0.1) is 0 Å². The molecule has 0 saturated heterocycles. The molecule has 5 rings (SSSR count). The van der Waals surface area contributed by atoms with Gasteiger partial charge in [-0.3, -0.25) is 0 Å². The van der Waals surface area contributed by atoms with Crippen molar-refractivity contribution in [3.8, 4) is 28.1 Å². The van der Waals surface area contributed by atoms with Crippen molar-refractivity contribution in [1.29, 1.82) is 0 Å². The van der Waals surface area contributed by atoms with E-state index < -0.39 is 0 Å². The molecule has 1 fully saturated rings. The van der Waals surface area contributed by atoms with Crippen molar-refractivity contribution in [3.63, 3.8) is 0 Å². The molecular formula is C27H30NO+. The summed E-state index contributed by atoms with van der Waals surface area (Å²) in [5.41, 5.74) is 7.76. The highest BCUT2D eigenvalue weighted by Gasteiger charge is 2.55. The fourth-order valence-corrected chi connectivity index (χ4v) is 5.61. The number of aryl methyl sites for hydroxylation is 2. The van der Waals surface area contributed by atoms with E-state index in [1.54, 1.807) is 0 Å². The predicted octanol–water partition coefficient (Wildman–Crippen LogP) is 6.14. The number of hydrogen-bond donors (Lipinski definition) is 0. The van der Waals surface area contributed by atoms with Gasteiger partial charge in [0.15, 0.2) is 6.20 Å². The number of hydrogen-bond acceptors (Lipinski definition) is 1. The lowest BCUT2D eigenvalue weighted by Gasteiger charge is -2.36. The Hall–Kier alpha value is -2.61. The molecule has 0 radical (unpaired) electrons. The smallest absolute Gasteiger partial charge is 0.212 e. The number of nitrogens with zero attached hydrogens (tertiary/aromatic N) is 1. The molecule has 0 atom stereocenters. The van der Waals surface area contributed by atoms with Gasteiger partial charge < -0.3 is 4.74 Å². The second kappa shape index (κ2) is 6.45. The minimum absolute atomic E-state index is 0.124. The maximum Gasteiger partial charge on any atom is 0.212 e. The van der Waals surface area contributed by atoms with Crippen LogP contribution in [0.25, 0.3) is 22.4 Å². The quantitative estimate of drug-likeness (QED) is 0.484. The molecule has 2 heteroatoms. The van der Waals surface area contributed by atoms with Crippen LogP contribution >= 0.6 is 0 Å². The summed E-state index contributed by atoms with van der Waals surface area (Å²) in [4.78, 5) is 0. The van der Waals surface area contributed by atoms with E-state index in [4.69, 9.17) is 4.74 Å². The predicted molar refractivity (Wildman–Crippen MR) is 118 cm³/mol. The highest BCUT2D eigenvalue weighted by molar-refractivity contribution is 5.74. The molecule has 1 aromatic heterocycles. The lowest BCUT2D eigenvalue weighted by Crippen LogP contribution is -2.44. The SMILES string of the molecule is Cc1ccc(-c2ccc3c(c2)OC(C)(C)C32CCCC2)cc1-c1cccc[n+]1C. The van der Waals surface area contributed by atoms with Gasteiger partial charge in [-0.2, -0.15) is 0 Å². The maximum absolute atomic E-state index is 6.55. The summed E-state index contributed by atoms with van der Waals surface area (Å²) in [6.45, 7) is 6.74. The molecule has 1 spiro atoms. The van der Waals surface area contributed by atoms with Gasteiger partial charge in [-0.1, -0.05) is 37.1 Å². The first-order valence-electron chi connectivity index (χ1n) is 10.8. The van der Waals surface area contributed by atoms with Crippen molar-refractivity contribution in [2.75, 3.05) is 0 Å². The molecule has 0 amide bonds. The van der Waals surface area contributed by atoms with E-state index in [2.05, 4.69) is 93.2 Å². The summed E-state index contributed by atoms with van der Waals surface area (Å²) in [7, 11) is 2.10. The molecule has 1 saturated carbocycles. The van der Waals surface area contributed by atoms with Crippen molar-refractivity contribution < 1.29 is 9.30 Å². The van der Waals surface area contributed by atoms with Crippen LogP contribution in [0, 0.1) is 6.92 Å². The number of pyridine rings is 1.